The minimum Gasteiger partial charge on any atom is -0.351 e. The lowest BCUT2D eigenvalue weighted by Gasteiger charge is -2.13. The number of carbonyl (C=O) groups is 1. The first-order valence-corrected chi connectivity index (χ1v) is 8.37. The van der Waals surface area contributed by atoms with Gasteiger partial charge in [0.05, 0.1) is 10.8 Å². The SMILES string of the molecule is CC(Sc1ccc(Cl)cc1)C(=O)NCc1cccc(C(F)(F)F)c1. The summed E-state index contributed by atoms with van der Waals surface area (Å²) in [4.78, 5) is 13.0. The van der Waals surface area contributed by atoms with Gasteiger partial charge in [-0.25, -0.2) is 0 Å². The molecule has 1 amide bonds. The van der Waals surface area contributed by atoms with Crippen molar-refractivity contribution in [3.05, 3.63) is 64.7 Å². The average Bonchev–Trinajstić information content (AvgIpc) is 2.54. The lowest BCUT2D eigenvalue weighted by atomic mass is 10.1. The van der Waals surface area contributed by atoms with E-state index in [2.05, 4.69) is 5.32 Å². The van der Waals surface area contributed by atoms with Gasteiger partial charge in [-0.05, 0) is 48.9 Å². The monoisotopic (exact) mass is 373 g/mol. The van der Waals surface area contributed by atoms with Gasteiger partial charge in [-0.15, -0.1) is 11.8 Å². The second-order valence-corrected chi connectivity index (χ2v) is 6.98. The molecule has 0 spiro atoms. The molecule has 0 aliphatic carbocycles. The van der Waals surface area contributed by atoms with Crippen LogP contribution >= 0.6 is 23.4 Å². The Morgan fingerprint density at radius 1 is 1.21 bits per heavy atom. The molecule has 0 saturated heterocycles. The van der Waals surface area contributed by atoms with E-state index in [0.717, 1.165) is 17.0 Å². The molecule has 2 aromatic carbocycles. The van der Waals surface area contributed by atoms with Gasteiger partial charge in [0.2, 0.25) is 5.91 Å². The summed E-state index contributed by atoms with van der Waals surface area (Å²) in [5.41, 5.74) is -0.320. The van der Waals surface area contributed by atoms with Crippen LogP contribution in [0.3, 0.4) is 0 Å². The van der Waals surface area contributed by atoms with E-state index in [-0.39, 0.29) is 17.7 Å². The van der Waals surface area contributed by atoms with E-state index in [1.54, 1.807) is 25.1 Å². The van der Waals surface area contributed by atoms with Gasteiger partial charge in [-0.1, -0.05) is 23.7 Å². The van der Waals surface area contributed by atoms with Crippen molar-refractivity contribution in [2.75, 3.05) is 0 Å². The first-order chi connectivity index (χ1) is 11.3. The van der Waals surface area contributed by atoms with Crippen LogP contribution < -0.4 is 5.32 Å². The van der Waals surface area contributed by atoms with Crippen molar-refractivity contribution in [1.82, 2.24) is 5.32 Å². The van der Waals surface area contributed by atoms with Crippen molar-refractivity contribution >= 4 is 29.3 Å². The Hall–Kier alpha value is -1.66. The molecule has 1 unspecified atom stereocenters. The maximum absolute atomic E-state index is 12.7. The molecule has 0 heterocycles. The van der Waals surface area contributed by atoms with Gasteiger partial charge < -0.3 is 5.32 Å². The standard InChI is InChI=1S/C17H15ClF3NOS/c1-11(24-15-7-5-14(18)6-8-15)16(23)22-10-12-3-2-4-13(9-12)17(19,20)21/h2-9,11H,10H2,1H3,(H,22,23). The Balaban J connectivity index is 1.91. The summed E-state index contributed by atoms with van der Waals surface area (Å²) in [6.45, 7) is 1.79. The maximum Gasteiger partial charge on any atom is 0.416 e. The van der Waals surface area contributed by atoms with Gasteiger partial charge >= 0.3 is 6.18 Å². The highest BCUT2D eigenvalue weighted by molar-refractivity contribution is 8.00. The molecule has 24 heavy (non-hydrogen) atoms. The molecule has 128 valence electrons. The second kappa shape index (κ2) is 7.94. The molecule has 1 atom stereocenters. The number of amides is 1. The molecule has 0 fully saturated rings. The first kappa shape index (κ1) is 18.7. The van der Waals surface area contributed by atoms with E-state index in [1.807, 2.05) is 12.1 Å². The van der Waals surface area contributed by atoms with Gasteiger partial charge in [0.1, 0.15) is 0 Å². The zero-order valence-corrected chi connectivity index (χ0v) is 14.3. The first-order valence-electron chi connectivity index (χ1n) is 7.12. The summed E-state index contributed by atoms with van der Waals surface area (Å²) >= 11 is 7.16. The molecular formula is C17H15ClF3NOS. The van der Waals surface area contributed by atoms with Crippen molar-refractivity contribution in [3.8, 4) is 0 Å². The van der Waals surface area contributed by atoms with Crippen LogP contribution in [0, 0.1) is 0 Å². The lowest BCUT2D eigenvalue weighted by Crippen LogP contribution is -2.30. The van der Waals surface area contributed by atoms with E-state index >= 15 is 0 Å². The normalized spacial score (nSPS) is 12.7. The van der Waals surface area contributed by atoms with E-state index < -0.39 is 11.7 Å². The number of rotatable bonds is 5. The minimum atomic E-state index is -4.39. The van der Waals surface area contributed by atoms with Crippen LogP contribution in [0.5, 0.6) is 0 Å². The Bertz CT molecular complexity index is 704. The molecule has 0 aliphatic rings. The summed E-state index contributed by atoms with van der Waals surface area (Å²) in [5.74, 6) is -0.243. The Morgan fingerprint density at radius 2 is 1.88 bits per heavy atom. The fraction of sp³-hybridized carbons (Fsp3) is 0.235. The van der Waals surface area contributed by atoms with Gasteiger partial charge in [-0.2, -0.15) is 13.2 Å². The molecule has 0 bridgehead atoms. The van der Waals surface area contributed by atoms with Crippen LogP contribution in [0.4, 0.5) is 13.2 Å². The number of carbonyl (C=O) groups excluding carboxylic acids is 1. The average molecular weight is 374 g/mol. The Morgan fingerprint density at radius 3 is 2.50 bits per heavy atom. The topological polar surface area (TPSA) is 29.1 Å². The summed E-state index contributed by atoms with van der Waals surface area (Å²) in [6, 6.07) is 12.0. The van der Waals surface area contributed by atoms with E-state index in [1.165, 1.54) is 17.8 Å². The zero-order valence-electron chi connectivity index (χ0n) is 12.7. The fourth-order valence-corrected chi connectivity index (χ4v) is 2.98. The van der Waals surface area contributed by atoms with Crippen LogP contribution in [0.25, 0.3) is 0 Å². The summed E-state index contributed by atoms with van der Waals surface area (Å²) in [5, 5.41) is 2.89. The van der Waals surface area contributed by atoms with E-state index in [0.29, 0.717) is 10.6 Å². The third kappa shape index (κ3) is 5.46. The highest BCUT2D eigenvalue weighted by Crippen LogP contribution is 2.29. The number of nitrogens with one attached hydrogen (secondary N) is 1. The predicted octanol–water partition coefficient (Wildman–Crippen LogP) is 5.16. The van der Waals surface area contributed by atoms with Crippen molar-refractivity contribution in [1.29, 1.82) is 0 Å². The second-order valence-electron chi connectivity index (χ2n) is 5.13. The number of hydrogen-bond acceptors (Lipinski definition) is 2. The zero-order chi connectivity index (χ0) is 17.7. The Labute approximate surface area is 147 Å². The molecule has 0 aliphatic heterocycles. The Kier molecular flexibility index (Phi) is 6.18. The van der Waals surface area contributed by atoms with E-state index in [9.17, 15) is 18.0 Å². The maximum atomic E-state index is 12.7. The summed E-state index contributed by atoms with van der Waals surface area (Å²) in [7, 11) is 0. The van der Waals surface area contributed by atoms with Crippen LogP contribution in [0.2, 0.25) is 5.02 Å². The van der Waals surface area contributed by atoms with Gasteiger partial charge in [0.15, 0.2) is 0 Å². The van der Waals surface area contributed by atoms with Crippen LogP contribution in [-0.4, -0.2) is 11.2 Å². The highest BCUT2D eigenvalue weighted by Gasteiger charge is 2.30. The summed E-state index contributed by atoms with van der Waals surface area (Å²) < 4.78 is 38.0. The van der Waals surface area contributed by atoms with Crippen molar-refractivity contribution < 1.29 is 18.0 Å². The molecule has 2 nitrogen and oxygen atoms in total. The van der Waals surface area contributed by atoms with E-state index in [4.69, 9.17) is 11.6 Å². The smallest absolute Gasteiger partial charge is 0.351 e. The predicted molar refractivity (Wildman–Crippen MR) is 90.1 cm³/mol. The highest BCUT2D eigenvalue weighted by atomic mass is 35.5. The summed E-state index contributed by atoms with van der Waals surface area (Å²) in [6.07, 6.45) is -4.39. The minimum absolute atomic E-state index is 0.0499. The number of hydrogen-bond donors (Lipinski definition) is 1. The van der Waals surface area contributed by atoms with Crippen LogP contribution in [-0.2, 0) is 17.5 Å². The van der Waals surface area contributed by atoms with Crippen molar-refractivity contribution in [3.63, 3.8) is 0 Å². The van der Waals surface area contributed by atoms with Gasteiger partial charge in [-0.3, -0.25) is 4.79 Å². The number of benzene rings is 2. The van der Waals surface area contributed by atoms with Crippen LogP contribution in [0.15, 0.2) is 53.4 Å². The van der Waals surface area contributed by atoms with Crippen molar-refractivity contribution in [2.24, 2.45) is 0 Å². The lowest BCUT2D eigenvalue weighted by molar-refractivity contribution is -0.137. The number of thioether (sulfide) groups is 1. The molecule has 7 heteroatoms. The molecular weight excluding hydrogens is 359 g/mol. The van der Waals surface area contributed by atoms with Crippen LogP contribution in [0.1, 0.15) is 18.1 Å². The molecule has 1 N–H and O–H groups in total. The number of halogens is 4. The van der Waals surface area contributed by atoms with Gasteiger partial charge in [0, 0.05) is 16.5 Å². The largest absolute Gasteiger partial charge is 0.416 e. The third-order valence-corrected chi connectivity index (χ3v) is 4.58. The number of alkyl halides is 3. The molecule has 2 aromatic rings. The molecule has 0 aromatic heterocycles. The fourth-order valence-electron chi connectivity index (χ4n) is 1.96. The molecule has 0 saturated carbocycles. The van der Waals surface area contributed by atoms with Gasteiger partial charge in [0.25, 0.3) is 0 Å². The third-order valence-electron chi connectivity index (χ3n) is 3.22. The quantitative estimate of drug-likeness (QED) is 0.734. The molecule has 2 rings (SSSR count). The molecule has 0 radical (unpaired) electrons. The van der Waals surface area contributed by atoms with Crippen molar-refractivity contribution in [2.45, 2.75) is 29.8 Å².